The third-order valence-electron chi connectivity index (χ3n) is 5.51. The van der Waals surface area contributed by atoms with Gasteiger partial charge in [-0.2, -0.15) is 0 Å². The van der Waals surface area contributed by atoms with Crippen LogP contribution in [0.2, 0.25) is 0 Å². The van der Waals surface area contributed by atoms with E-state index < -0.39 is 5.25 Å². The van der Waals surface area contributed by atoms with Gasteiger partial charge in [-0.25, -0.2) is 4.98 Å². The molecular formula is C24H26N4O3S. The third kappa shape index (κ3) is 4.70. The van der Waals surface area contributed by atoms with Gasteiger partial charge in [-0.3, -0.25) is 19.0 Å². The van der Waals surface area contributed by atoms with Gasteiger partial charge in [0.1, 0.15) is 0 Å². The van der Waals surface area contributed by atoms with Crippen LogP contribution in [0.5, 0.6) is 0 Å². The van der Waals surface area contributed by atoms with Crippen molar-refractivity contribution in [3.8, 4) is 0 Å². The maximum absolute atomic E-state index is 13.0. The van der Waals surface area contributed by atoms with Crippen LogP contribution in [0.1, 0.15) is 36.9 Å². The third-order valence-corrected chi connectivity index (χ3v) is 6.57. The molecule has 1 unspecified atom stereocenters. The van der Waals surface area contributed by atoms with Crippen molar-refractivity contribution in [3.05, 3.63) is 63.9 Å². The number of nitrogens with zero attached hydrogens (tertiary/aromatic N) is 2. The van der Waals surface area contributed by atoms with Gasteiger partial charge in [-0.05, 0) is 56.9 Å². The number of hydrogen-bond donors (Lipinski definition) is 2. The summed E-state index contributed by atoms with van der Waals surface area (Å²) in [6.45, 7) is 5.48. The van der Waals surface area contributed by atoms with E-state index >= 15 is 0 Å². The summed E-state index contributed by atoms with van der Waals surface area (Å²) >= 11 is 1.24. The van der Waals surface area contributed by atoms with Gasteiger partial charge in [0.05, 0.1) is 22.7 Å². The van der Waals surface area contributed by atoms with Crippen molar-refractivity contribution in [1.82, 2.24) is 14.9 Å². The lowest BCUT2D eigenvalue weighted by molar-refractivity contribution is -0.123. The maximum Gasteiger partial charge on any atom is 0.262 e. The van der Waals surface area contributed by atoms with Gasteiger partial charge in [0.15, 0.2) is 5.16 Å². The van der Waals surface area contributed by atoms with E-state index in [9.17, 15) is 14.4 Å². The fourth-order valence-corrected chi connectivity index (χ4v) is 4.58. The summed E-state index contributed by atoms with van der Waals surface area (Å²) in [5.74, 6) is -0.567. The van der Waals surface area contributed by atoms with E-state index in [4.69, 9.17) is 0 Å². The number of amides is 2. The standard InChI is InChI=1S/C24H26N4O3S/c1-14-7-6-8-15(2)21(14)27-20(29)13-25-22(30)16(3)32-24-26-19-10-5-4-9-18(19)23(31)28(24)17-11-12-17/h4-10,16-17H,11-13H2,1-3H3,(H,25,30)(H,27,29). The van der Waals surface area contributed by atoms with E-state index in [1.54, 1.807) is 23.6 Å². The number of hydrogen-bond acceptors (Lipinski definition) is 5. The first-order valence-electron chi connectivity index (χ1n) is 10.7. The number of carbonyl (C=O) groups excluding carboxylic acids is 2. The van der Waals surface area contributed by atoms with Crippen molar-refractivity contribution < 1.29 is 9.59 Å². The fraction of sp³-hybridized carbons (Fsp3) is 0.333. The normalized spacial score (nSPS) is 14.2. The van der Waals surface area contributed by atoms with E-state index in [1.165, 1.54) is 11.8 Å². The monoisotopic (exact) mass is 450 g/mol. The highest BCUT2D eigenvalue weighted by Crippen LogP contribution is 2.37. The van der Waals surface area contributed by atoms with Gasteiger partial charge in [0.2, 0.25) is 11.8 Å². The number of aromatic nitrogens is 2. The van der Waals surface area contributed by atoms with Crippen molar-refractivity contribution in [3.63, 3.8) is 0 Å². The number of rotatable bonds is 7. The van der Waals surface area contributed by atoms with Crippen LogP contribution in [0.25, 0.3) is 10.9 Å². The second-order valence-corrected chi connectivity index (χ2v) is 9.42. The van der Waals surface area contributed by atoms with Crippen LogP contribution < -0.4 is 16.2 Å². The molecule has 2 N–H and O–H groups in total. The first-order valence-corrected chi connectivity index (χ1v) is 11.5. The molecule has 3 aromatic rings. The maximum atomic E-state index is 13.0. The lowest BCUT2D eigenvalue weighted by Crippen LogP contribution is -2.37. The van der Waals surface area contributed by atoms with E-state index in [2.05, 4.69) is 15.6 Å². The molecule has 2 aromatic carbocycles. The molecular weight excluding hydrogens is 424 g/mol. The van der Waals surface area contributed by atoms with Crippen molar-refractivity contribution in [1.29, 1.82) is 0 Å². The van der Waals surface area contributed by atoms with Crippen molar-refractivity contribution in [2.75, 3.05) is 11.9 Å². The minimum absolute atomic E-state index is 0.0683. The molecule has 0 aliphatic heterocycles. The van der Waals surface area contributed by atoms with Crippen LogP contribution in [0.3, 0.4) is 0 Å². The van der Waals surface area contributed by atoms with Crippen molar-refractivity contribution in [2.45, 2.75) is 50.1 Å². The number of anilines is 1. The minimum Gasteiger partial charge on any atom is -0.346 e. The SMILES string of the molecule is Cc1cccc(C)c1NC(=O)CNC(=O)C(C)Sc1nc2ccccc2c(=O)n1C1CC1. The number of para-hydroxylation sites is 2. The lowest BCUT2D eigenvalue weighted by atomic mass is 10.1. The quantitative estimate of drug-likeness (QED) is 0.424. The van der Waals surface area contributed by atoms with E-state index in [1.807, 2.05) is 44.2 Å². The number of nitrogens with one attached hydrogen (secondary N) is 2. The van der Waals surface area contributed by atoms with E-state index in [-0.39, 0.29) is 30.0 Å². The van der Waals surface area contributed by atoms with E-state index in [0.717, 1.165) is 29.7 Å². The van der Waals surface area contributed by atoms with Crippen LogP contribution in [-0.4, -0.2) is 33.2 Å². The van der Waals surface area contributed by atoms with Gasteiger partial charge in [-0.1, -0.05) is 42.1 Å². The Bertz CT molecular complexity index is 1230. The number of carbonyl (C=O) groups is 2. The Hall–Kier alpha value is -3.13. The zero-order chi connectivity index (χ0) is 22.8. The Morgan fingerprint density at radius 2 is 1.81 bits per heavy atom. The number of thioether (sulfide) groups is 1. The van der Waals surface area contributed by atoms with Gasteiger partial charge in [-0.15, -0.1) is 0 Å². The molecule has 1 aliphatic carbocycles. The average molecular weight is 451 g/mol. The largest absolute Gasteiger partial charge is 0.346 e. The molecule has 2 amide bonds. The zero-order valence-electron chi connectivity index (χ0n) is 18.3. The highest BCUT2D eigenvalue weighted by atomic mass is 32.2. The molecule has 1 aromatic heterocycles. The molecule has 1 saturated carbocycles. The second kappa shape index (κ2) is 9.16. The predicted molar refractivity (Wildman–Crippen MR) is 127 cm³/mol. The highest BCUT2D eigenvalue weighted by molar-refractivity contribution is 8.00. The molecule has 166 valence electrons. The first-order chi connectivity index (χ1) is 15.3. The molecule has 8 heteroatoms. The van der Waals surface area contributed by atoms with Crippen LogP contribution in [-0.2, 0) is 9.59 Å². The van der Waals surface area contributed by atoms with Gasteiger partial charge >= 0.3 is 0 Å². The first kappa shape index (κ1) is 22.1. The molecule has 0 bridgehead atoms. The molecule has 1 fully saturated rings. The Morgan fingerprint density at radius 3 is 2.50 bits per heavy atom. The summed E-state index contributed by atoms with van der Waals surface area (Å²) in [5, 5.41) is 6.17. The smallest absolute Gasteiger partial charge is 0.262 e. The number of aryl methyl sites for hydroxylation is 2. The van der Waals surface area contributed by atoms with Crippen molar-refractivity contribution in [2.24, 2.45) is 0 Å². The minimum atomic E-state index is -0.513. The number of benzene rings is 2. The van der Waals surface area contributed by atoms with Crippen molar-refractivity contribution >= 4 is 40.2 Å². The molecule has 0 spiro atoms. The Morgan fingerprint density at radius 1 is 1.12 bits per heavy atom. The Balaban J connectivity index is 1.43. The molecule has 7 nitrogen and oxygen atoms in total. The topological polar surface area (TPSA) is 93.1 Å². The zero-order valence-corrected chi connectivity index (χ0v) is 19.2. The summed E-state index contributed by atoms with van der Waals surface area (Å²) in [6.07, 6.45) is 1.87. The predicted octanol–water partition coefficient (Wildman–Crippen LogP) is 3.58. The molecule has 4 rings (SSSR count). The lowest BCUT2D eigenvalue weighted by Gasteiger charge is -2.16. The van der Waals surface area contributed by atoms with Gasteiger partial charge < -0.3 is 10.6 Å². The van der Waals surface area contributed by atoms with E-state index in [0.29, 0.717) is 16.1 Å². The molecule has 32 heavy (non-hydrogen) atoms. The summed E-state index contributed by atoms with van der Waals surface area (Å²) in [7, 11) is 0. The fourth-order valence-electron chi connectivity index (χ4n) is 3.58. The van der Waals surface area contributed by atoms with Gasteiger partial charge in [0, 0.05) is 11.7 Å². The molecule has 1 aliphatic rings. The summed E-state index contributed by atoms with van der Waals surface area (Å²) < 4.78 is 1.71. The summed E-state index contributed by atoms with van der Waals surface area (Å²) in [4.78, 5) is 42.6. The van der Waals surface area contributed by atoms with Crippen LogP contribution in [0.4, 0.5) is 5.69 Å². The summed E-state index contributed by atoms with van der Waals surface area (Å²) in [5.41, 5.74) is 3.25. The molecule has 0 radical (unpaired) electrons. The summed E-state index contributed by atoms with van der Waals surface area (Å²) in [6, 6.07) is 13.2. The molecule has 1 atom stereocenters. The number of fused-ring (bicyclic) bond motifs is 1. The highest BCUT2D eigenvalue weighted by Gasteiger charge is 2.30. The Labute approximate surface area is 190 Å². The van der Waals surface area contributed by atoms with Crippen LogP contribution in [0.15, 0.2) is 52.4 Å². The molecule has 0 saturated heterocycles. The Kier molecular flexibility index (Phi) is 6.32. The average Bonchev–Trinajstić information content (AvgIpc) is 3.60. The molecule has 1 heterocycles. The van der Waals surface area contributed by atoms with Crippen LogP contribution >= 0.6 is 11.8 Å². The van der Waals surface area contributed by atoms with Crippen LogP contribution in [0, 0.1) is 13.8 Å². The second-order valence-electron chi connectivity index (χ2n) is 8.11. The van der Waals surface area contributed by atoms with Gasteiger partial charge in [0.25, 0.3) is 5.56 Å².